The second-order valence-corrected chi connectivity index (χ2v) is 0. The molecule has 0 heterocycles. The molecule has 0 aromatic rings. The fourth-order valence-corrected chi connectivity index (χ4v) is 0. The van der Waals surface area contributed by atoms with E-state index in [1.54, 1.807) is 0 Å². The second kappa shape index (κ2) is 86.7. The Morgan fingerprint density at radius 3 is 1.75 bits per heavy atom. The minimum Gasteiger partial charge on any atom is 0 e. The first-order valence-electron chi connectivity index (χ1n) is 0.651. The Balaban J connectivity index is -0.00000000267. The zero-order valence-corrected chi connectivity index (χ0v) is 2.36. The first kappa shape index (κ1) is 9.33. The van der Waals surface area contributed by atoms with Crippen LogP contribution < -0.4 is 0 Å². The molecule has 0 rings (SSSR count). The molecule has 0 aromatic carbocycles. The van der Waals surface area contributed by atoms with Gasteiger partial charge < -0.3 is 5.11 Å². The van der Waals surface area contributed by atoms with E-state index >= 15 is 0 Å². The van der Waals surface area contributed by atoms with Crippen LogP contribution in [0.1, 0.15) is 4.28 Å². The summed E-state index contributed by atoms with van der Waals surface area (Å²) in [6.07, 6.45) is 0. The summed E-state index contributed by atoms with van der Waals surface area (Å²) < 4.78 is 7.50. The fourth-order valence-electron chi connectivity index (χ4n) is 0. The third-order valence-corrected chi connectivity index (χ3v) is 0. The zero-order chi connectivity index (χ0) is 4.00. The van der Waals surface area contributed by atoms with Crippen LogP contribution in [0, 0.1) is 6.65 Å². The molecule has 0 aliphatic heterocycles. The summed E-state index contributed by atoms with van der Waals surface area (Å²) in [5.74, 6) is 0. The molecule has 0 unspecified atom stereocenters. The van der Waals surface area contributed by atoms with Gasteiger partial charge in [-0.05, 0) is 0 Å². The molecule has 0 fully saturated rings. The monoisotopic (exact) mass is 66.1 g/mol. The smallest absolute Gasteiger partial charge is 0 e. The standard InChI is InChI=1S/CH4O.CO.3H2/c2*1-2;;;/h2H,1H3;;3*1H. The summed E-state index contributed by atoms with van der Waals surface area (Å²) in [4.78, 5) is 0. The fraction of sp³-hybridized carbons (Fsp3) is 0.500. The Kier molecular flexibility index (Phi) is 202. The van der Waals surface area contributed by atoms with Gasteiger partial charge in [-0.2, -0.15) is 0 Å². The minimum absolute atomic E-state index is 0. The van der Waals surface area contributed by atoms with E-state index in [1.807, 2.05) is 0 Å². The molecule has 1 N–H and O–H groups in total. The van der Waals surface area contributed by atoms with E-state index in [4.69, 9.17) is 9.76 Å². The number of aliphatic hydroxyl groups excluding tert-OH is 1. The first-order chi connectivity index (χ1) is 2.00. The molecule has 0 bridgehead atoms. The van der Waals surface area contributed by atoms with Crippen molar-refractivity contribution < 1.29 is 14.0 Å². The molecule has 0 spiro atoms. The van der Waals surface area contributed by atoms with E-state index in [0.29, 0.717) is 0 Å². The first-order valence-corrected chi connectivity index (χ1v) is 0.651. The number of hydrogen-bond donors (Lipinski definition) is 1. The van der Waals surface area contributed by atoms with Gasteiger partial charge in [0.15, 0.2) is 0 Å². The SMILES string of the molecule is CO.[C-]#[O+].[HH].[HH].[HH]. The normalized spacial score (nSPS) is 2.00. The van der Waals surface area contributed by atoms with Gasteiger partial charge in [-0.15, -0.1) is 0 Å². The van der Waals surface area contributed by atoms with Gasteiger partial charge in [0.1, 0.15) is 0 Å². The van der Waals surface area contributed by atoms with Crippen LogP contribution in [0.25, 0.3) is 0 Å². The summed E-state index contributed by atoms with van der Waals surface area (Å²) in [5.41, 5.74) is 0. The Hall–Kier alpha value is -0.300. The quantitative estimate of drug-likeness (QED) is 0.321. The van der Waals surface area contributed by atoms with Crippen LogP contribution in [0.3, 0.4) is 0 Å². The third kappa shape index (κ3) is 9.26. The molecular weight excluding hydrogens is 56.0 g/mol. The molecule has 2 nitrogen and oxygen atoms in total. The van der Waals surface area contributed by atoms with Gasteiger partial charge in [0, 0.05) is 11.4 Å². The van der Waals surface area contributed by atoms with Gasteiger partial charge in [-0.3, -0.25) is 0 Å². The predicted octanol–water partition coefficient (Wildman–Crippen LogP) is 0.309. The Bertz CT molecular complexity index is 15.7. The van der Waals surface area contributed by atoms with Crippen LogP contribution in [0.4, 0.5) is 0 Å². The molecule has 0 amide bonds. The molecule has 4 heavy (non-hydrogen) atoms. The topological polar surface area (TPSA) is 40.1 Å². The largest absolute Gasteiger partial charge is 0 e. The molecule has 0 aliphatic rings. The van der Waals surface area contributed by atoms with E-state index in [1.165, 1.54) is 0 Å². The third-order valence-electron chi connectivity index (χ3n) is 0. The van der Waals surface area contributed by atoms with Crippen molar-refractivity contribution >= 4 is 0 Å². The van der Waals surface area contributed by atoms with Crippen molar-refractivity contribution in [1.29, 1.82) is 0 Å². The average molecular weight is 66.1 g/mol. The van der Waals surface area contributed by atoms with Gasteiger partial charge in [0.25, 0.3) is 0 Å². The van der Waals surface area contributed by atoms with E-state index in [9.17, 15) is 0 Å². The van der Waals surface area contributed by atoms with Crippen LogP contribution in [-0.2, 0) is 4.65 Å². The minimum atomic E-state index is 0. The van der Waals surface area contributed by atoms with Crippen LogP contribution in [0.2, 0.25) is 0 Å². The summed E-state index contributed by atoms with van der Waals surface area (Å²) in [6, 6.07) is 0. The summed E-state index contributed by atoms with van der Waals surface area (Å²) in [6.45, 7) is 4.50. The Morgan fingerprint density at radius 1 is 1.75 bits per heavy atom. The van der Waals surface area contributed by atoms with Crippen LogP contribution >= 0.6 is 0 Å². The molecule has 0 radical (unpaired) electrons. The summed E-state index contributed by atoms with van der Waals surface area (Å²) >= 11 is 0. The summed E-state index contributed by atoms with van der Waals surface area (Å²) in [7, 11) is 1.00. The Labute approximate surface area is 29.2 Å². The maximum atomic E-state index is 7.50. The maximum absolute atomic E-state index is 7.50. The van der Waals surface area contributed by atoms with Crippen LogP contribution in [-0.4, -0.2) is 12.2 Å². The van der Waals surface area contributed by atoms with E-state index in [0.717, 1.165) is 7.11 Å². The Morgan fingerprint density at radius 2 is 1.75 bits per heavy atom. The van der Waals surface area contributed by atoms with Crippen molar-refractivity contribution in [3.63, 3.8) is 0 Å². The van der Waals surface area contributed by atoms with E-state index in [-0.39, 0.29) is 4.28 Å². The molecule has 0 atom stereocenters. The molecule has 0 aromatic heterocycles. The number of aliphatic hydroxyl groups is 1. The molecule has 2 heteroatoms. The molecule has 30 valence electrons. The van der Waals surface area contributed by atoms with Crippen molar-refractivity contribution in [3.8, 4) is 0 Å². The van der Waals surface area contributed by atoms with Crippen LogP contribution in [0.5, 0.6) is 0 Å². The van der Waals surface area contributed by atoms with Gasteiger partial charge in [0.05, 0.1) is 0 Å². The van der Waals surface area contributed by atoms with Crippen molar-refractivity contribution in [3.05, 3.63) is 6.65 Å². The van der Waals surface area contributed by atoms with Crippen molar-refractivity contribution in [2.45, 2.75) is 0 Å². The predicted molar refractivity (Wildman–Crippen MR) is 18.4 cm³/mol. The van der Waals surface area contributed by atoms with E-state index < -0.39 is 0 Å². The molecule has 0 aliphatic carbocycles. The van der Waals surface area contributed by atoms with Crippen molar-refractivity contribution in [1.82, 2.24) is 0 Å². The van der Waals surface area contributed by atoms with Gasteiger partial charge >= 0.3 is 11.3 Å². The number of hydrogen-bond acceptors (Lipinski definition) is 1. The molecule has 0 saturated carbocycles. The summed E-state index contributed by atoms with van der Waals surface area (Å²) in [5, 5.41) is 7.00. The van der Waals surface area contributed by atoms with Gasteiger partial charge in [-0.25, -0.2) is 0 Å². The van der Waals surface area contributed by atoms with Gasteiger partial charge in [-0.1, -0.05) is 0 Å². The van der Waals surface area contributed by atoms with Crippen molar-refractivity contribution in [2.24, 2.45) is 0 Å². The van der Waals surface area contributed by atoms with Crippen LogP contribution in [0.15, 0.2) is 0 Å². The van der Waals surface area contributed by atoms with Gasteiger partial charge in [0.2, 0.25) is 0 Å². The zero-order valence-electron chi connectivity index (χ0n) is 2.36. The van der Waals surface area contributed by atoms with Crippen molar-refractivity contribution in [2.75, 3.05) is 7.11 Å². The molecule has 0 saturated heterocycles. The number of rotatable bonds is 0. The van der Waals surface area contributed by atoms with E-state index in [2.05, 4.69) is 6.65 Å². The second-order valence-electron chi connectivity index (χ2n) is 0. The average Bonchev–Trinajstić information content (AvgIpc) is 1.50. The molecular formula is C2H10O2. The maximum Gasteiger partial charge on any atom is 0 e.